The molecule has 1 fully saturated rings. The maximum Gasteiger partial charge on any atom is 0.162 e. The summed E-state index contributed by atoms with van der Waals surface area (Å²) >= 11 is 0. The van der Waals surface area contributed by atoms with Crippen molar-refractivity contribution in [2.24, 2.45) is 11.7 Å². The third-order valence-electron chi connectivity index (χ3n) is 4.49. The molecule has 1 aliphatic heterocycles. The van der Waals surface area contributed by atoms with Crippen LogP contribution in [0.1, 0.15) is 57.4 Å². The Labute approximate surface area is 127 Å². The minimum atomic E-state index is 0.108. The van der Waals surface area contributed by atoms with Crippen molar-refractivity contribution in [1.29, 1.82) is 5.41 Å². The van der Waals surface area contributed by atoms with Gasteiger partial charge in [-0.3, -0.25) is 5.41 Å². The normalized spacial score (nSPS) is 22.4. The van der Waals surface area contributed by atoms with Crippen LogP contribution in [0.4, 0.5) is 5.82 Å². The largest absolute Gasteiger partial charge is 0.384 e. The van der Waals surface area contributed by atoms with Gasteiger partial charge in [-0.15, -0.1) is 5.10 Å². The van der Waals surface area contributed by atoms with Gasteiger partial charge in [0.15, 0.2) is 5.82 Å². The molecule has 1 aromatic rings. The van der Waals surface area contributed by atoms with Crippen LogP contribution < -0.4 is 10.6 Å². The van der Waals surface area contributed by atoms with E-state index < -0.39 is 0 Å². The highest BCUT2D eigenvalue weighted by atomic mass is 15.3. The van der Waals surface area contributed by atoms with Gasteiger partial charge in [-0.2, -0.15) is 5.10 Å². The van der Waals surface area contributed by atoms with Crippen LogP contribution in [-0.2, 0) is 12.8 Å². The van der Waals surface area contributed by atoms with Crippen molar-refractivity contribution < 1.29 is 0 Å². The fraction of sp³-hybridized carbons (Fsp3) is 0.688. The molecule has 2 rings (SSSR count). The van der Waals surface area contributed by atoms with Crippen molar-refractivity contribution in [3.05, 3.63) is 16.8 Å². The Hall–Kier alpha value is -1.65. The first kappa shape index (κ1) is 15.7. The van der Waals surface area contributed by atoms with Crippen LogP contribution in [0.5, 0.6) is 0 Å². The highest BCUT2D eigenvalue weighted by Crippen LogP contribution is 2.30. The van der Waals surface area contributed by atoms with E-state index in [2.05, 4.69) is 42.8 Å². The number of rotatable bonds is 4. The number of nitrogens with two attached hydrogens (primary N) is 1. The predicted molar refractivity (Wildman–Crippen MR) is 87.0 cm³/mol. The Kier molecular flexibility index (Phi) is 4.80. The van der Waals surface area contributed by atoms with Crippen molar-refractivity contribution in [3.63, 3.8) is 0 Å². The van der Waals surface area contributed by atoms with Gasteiger partial charge in [0.05, 0.1) is 11.3 Å². The molecule has 0 aromatic carbocycles. The Bertz CT molecular complexity index is 526. The van der Waals surface area contributed by atoms with E-state index in [0.29, 0.717) is 12.0 Å². The maximum atomic E-state index is 8.01. The summed E-state index contributed by atoms with van der Waals surface area (Å²) in [5.41, 5.74) is 8.73. The molecule has 0 spiro atoms. The van der Waals surface area contributed by atoms with Crippen LogP contribution in [0, 0.1) is 11.3 Å². The van der Waals surface area contributed by atoms with Crippen LogP contribution in [0.25, 0.3) is 0 Å². The van der Waals surface area contributed by atoms with Gasteiger partial charge in [-0.25, -0.2) is 0 Å². The highest BCUT2D eigenvalue weighted by Gasteiger charge is 2.28. The van der Waals surface area contributed by atoms with E-state index in [9.17, 15) is 0 Å². The van der Waals surface area contributed by atoms with Gasteiger partial charge in [-0.1, -0.05) is 20.8 Å². The standard InChI is InChI=1S/C16H27N5/c1-5-12-13(6-2)19-20-16(14(12)15(17)18)21-9-10(3)7-8-11(21)4/h10-11H,5-9H2,1-4H3,(H3,17,18). The second-order valence-electron chi connectivity index (χ2n) is 6.13. The van der Waals surface area contributed by atoms with Gasteiger partial charge in [0.25, 0.3) is 0 Å². The predicted octanol–water partition coefficient (Wildman–Crippen LogP) is 2.51. The molecule has 1 saturated heterocycles. The fourth-order valence-electron chi connectivity index (χ4n) is 3.23. The number of nitrogens with zero attached hydrogens (tertiary/aromatic N) is 3. The molecule has 21 heavy (non-hydrogen) atoms. The molecule has 0 amide bonds. The van der Waals surface area contributed by atoms with Crippen molar-refractivity contribution in [2.75, 3.05) is 11.4 Å². The number of nitrogen functional groups attached to an aromatic ring is 1. The smallest absolute Gasteiger partial charge is 0.162 e. The second-order valence-corrected chi connectivity index (χ2v) is 6.13. The van der Waals surface area contributed by atoms with Crippen molar-refractivity contribution in [1.82, 2.24) is 10.2 Å². The molecule has 5 nitrogen and oxygen atoms in total. The number of piperidine rings is 1. The van der Waals surface area contributed by atoms with Crippen LogP contribution in [-0.4, -0.2) is 28.6 Å². The van der Waals surface area contributed by atoms with Crippen LogP contribution in [0.2, 0.25) is 0 Å². The Balaban J connectivity index is 2.54. The summed E-state index contributed by atoms with van der Waals surface area (Å²) in [6, 6.07) is 0.422. The lowest BCUT2D eigenvalue weighted by Gasteiger charge is -2.38. The van der Waals surface area contributed by atoms with Crippen molar-refractivity contribution in [2.45, 2.75) is 59.4 Å². The Morgan fingerprint density at radius 1 is 1.24 bits per heavy atom. The summed E-state index contributed by atoms with van der Waals surface area (Å²) in [4.78, 5) is 2.29. The third kappa shape index (κ3) is 3.01. The molecule has 1 aromatic heterocycles. The molecule has 2 unspecified atom stereocenters. The Morgan fingerprint density at radius 3 is 2.52 bits per heavy atom. The zero-order chi connectivity index (χ0) is 15.6. The van der Waals surface area contributed by atoms with Crippen LogP contribution in [0.15, 0.2) is 0 Å². The molecule has 0 saturated carbocycles. The first-order chi connectivity index (χ1) is 9.99. The molecule has 5 heteroatoms. The third-order valence-corrected chi connectivity index (χ3v) is 4.49. The van der Waals surface area contributed by atoms with Gasteiger partial charge < -0.3 is 10.6 Å². The van der Waals surface area contributed by atoms with Crippen molar-refractivity contribution in [3.8, 4) is 0 Å². The average molecular weight is 289 g/mol. The molecule has 116 valence electrons. The van der Waals surface area contributed by atoms with E-state index in [0.717, 1.165) is 48.4 Å². The minimum Gasteiger partial charge on any atom is -0.384 e. The second kappa shape index (κ2) is 6.41. The van der Waals surface area contributed by atoms with Gasteiger partial charge in [0.2, 0.25) is 0 Å². The summed E-state index contributed by atoms with van der Waals surface area (Å²) in [7, 11) is 0. The average Bonchev–Trinajstić information content (AvgIpc) is 2.47. The lowest BCUT2D eigenvalue weighted by Crippen LogP contribution is -2.43. The van der Waals surface area contributed by atoms with Crippen molar-refractivity contribution >= 4 is 11.7 Å². The number of hydrogen-bond donors (Lipinski definition) is 2. The van der Waals surface area contributed by atoms with Crippen LogP contribution >= 0.6 is 0 Å². The Morgan fingerprint density at radius 2 is 1.95 bits per heavy atom. The monoisotopic (exact) mass is 289 g/mol. The molecule has 2 heterocycles. The molecule has 0 aliphatic carbocycles. The number of amidine groups is 1. The van der Waals surface area contributed by atoms with Gasteiger partial charge >= 0.3 is 0 Å². The molecular formula is C16H27N5. The topological polar surface area (TPSA) is 78.9 Å². The number of aromatic nitrogens is 2. The van der Waals surface area contributed by atoms with E-state index >= 15 is 0 Å². The summed E-state index contributed by atoms with van der Waals surface area (Å²) in [5, 5.41) is 16.9. The quantitative estimate of drug-likeness (QED) is 0.659. The minimum absolute atomic E-state index is 0.108. The molecule has 2 atom stereocenters. The zero-order valence-corrected chi connectivity index (χ0v) is 13.6. The summed E-state index contributed by atoms with van der Waals surface area (Å²) in [5.74, 6) is 1.55. The number of anilines is 1. The van der Waals surface area contributed by atoms with Gasteiger partial charge in [-0.05, 0) is 44.1 Å². The molecule has 3 N–H and O–H groups in total. The summed E-state index contributed by atoms with van der Waals surface area (Å²) in [6.45, 7) is 9.61. The number of aryl methyl sites for hydroxylation is 1. The van der Waals surface area contributed by atoms with Crippen LogP contribution in [0.3, 0.4) is 0 Å². The van der Waals surface area contributed by atoms with E-state index in [1.165, 1.54) is 6.42 Å². The maximum absolute atomic E-state index is 8.01. The number of hydrogen-bond acceptors (Lipinski definition) is 4. The summed E-state index contributed by atoms with van der Waals surface area (Å²) in [6.07, 6.45) is 4.05. The molecular weight excluding hydrogens is 262 g/mol. The lowest BCUT2D eigenvalue weighted by molar-refractivity contribution is 0.387. The SMILES string of the molecule is CCc1nnc(N2CC(C)CCC2C)c(C(=N)N)c1CC. The van der Waals surface area contributed by atoms with E-state index in [-0.39, 0.29) is 5.84 Å². The first-order valence-corrected chi connectivity index (χ1v) is 7.98. The molecule has 0 bridgehead atoms. The van der Waals surface area contributed by atoms with E-state index in [1.807, 2.05) is 0 Å². The van der Waals surface area contributed by atoms with Gasteiger partial charge in [0.1, 0.15) is 5.84 Å². The highest BCUT2D eigenvalue weighted by molar-refractivity contribution is 6.01. The van der Waals surface area contributed by atoms with E-state index in [1.54, 1.807) is 0 Å². The fourth-order valence-corrected chi connectivity index (χ4v) is 3.23. The number of nitrogens with one attached hydrogen (secondary N) is 1. The summed E-state index contributed by atoms with van der Waals surface area (Å²) < 4.78 is 0. The van der Waals surface area contributed by atoms with Gasteiger partial charge in [0, 0.05) is 12.6 Å². The lowest BCUT2D eigenvalue weighted by atomic mass is 9.93. The van der Waals surface area contributed by atoms with E-state index in [4.69, 9.17) is 11.1 Å². The first-order valence-electron chi connectivity index (χ1n) is 7.98. The molecule has 1 aliphatic rings. The zero-order valence-electron chi connectivity index (χ0n) is 13.6. The molecule has 0 radical (unpaired) electrons.